The summed E-state index contributed by atoms with van der Waals surface area (Å²) in [5.74, 6) is -2.10. The predicted octanol–water partition coefficient (Wildman–Crippen LogP) is 0.439. The fraction of sp³-hybridized carbons (Fsp3) is 0.250. The molecule has 0 amide bonds. The molecular weight excluding hydrogens is 267 g/mol. The van der Waals surface area contributed by atoms with Crippen LogP contribution in [0.5, 0.6) is 0 Å². The number of carbonyl (C=O) groups is 1. The third-order valence-corrected chi connectivity index (χ3v) is 2.86. The molecule has 0 aromatic carbocycles. The van der Waals surface area contributed by atoms with Crippen molar-refractivity contribution in [2.75, 3.05) is 18.4 Å². The summed E-state index contributed by atoms with van der Waals surface area (Å²) in [6.07, 6.45) is 1.05. The van der Waals surface area contributed by atoms with Crippen LogP contribution in [0.2, 0.25) is 0 Å². The van der Waals surface area contributed by atoms with E-state index in [1.54, 1.807) is 0 Å². The van der Waals surface area contributed by atoms with Crippen molar-refractivity contribution in [1.82, 2.24) is 9.97 Å². The number of nitrogens with two attached hydrogens (primary N) is 1. The smallest absolute Gasteiger partial charge is 0.341 e. The minimum absolute atomic E-state index is 0.0285. The summed E-state index contributed by atoms with van der Waals surface area (Å²) in [6, 6.07) is 0. The second-order valence-corrected chi connectivity index (χ2v) is 4.18. The Morgan fingerprint density at radius 3 is 2.90 bits per heavy atom. The maximum absolute atomic E-state index is 14.1. The van der Waals surface area contributed by atoms with E-state index in [1.807, 2.05) is 0 Å². The van der Waals surface area contributed by atoms with Gasteiger partial charge in [0.1, 0.15) is 11.2 Å². The SMILES string of the molecule is Cc1c(F)c(NCCN)nc2[nH]cc(C(=O)O)c(=O)c12. The first kappa shape index (κ1) is 13.9. The minimum Gasteiger partial charge on any atom is -0.477 e. The highest BCUT2D eigenvalue weighted by molar-refractivity contribution is 5.92. The standard InChI is InChI=1S/C12H13FN4O3/c1-5-7-9(18)6(12(19)20)4-16-10(7)17-11(8(5)13)15-3-2-14/h4H,2-3,14H2,1H3,(H,19,20)(H2,15,16,17,18). The van der Waals surface area contributed by atoms with Gasteiger partial charge in [0.05, 0.1) is 5.39 Å². The average molecular weight is 280 g/mol. The van der Waals surface area contributed by atoms with Crippen molar-refractivity contribution in [2.45, 2.75) is 6.92 Å². The van der Waals surface area contributed by atoms with Crippen LogP contribution < -0.4 is 16.5 Å². The molecule has 0 bridgehead atoms. The summed E-state index contributed by atoms with van der Waals surface area (Å²) < 4.78 is 14.1. The molecule has 2 rings (SSSR count). The number of aromatic carboxylic acids is 1. The summed E-state index contributed by atoms with van der Waals surface area (Å²) in [5, 5.41) is 11.5. The van der Waals surface area contributed by atoms with E-state index in [9.17, 15) is 14.0 Å². The topological polar surface area (TPSA) is 121 Å². The van der Waals surface area contributed by atoms with Gasteiger partial charge in [-0.1, -0.05) is 0 Å². The largest absolute Gasteiger partial charge is 0.477 e. The molecule has 106 valence electrons. The Morgan fingerprint density at radius 2 is 2.30 bits per heavy atom. The van der Waals surface area contributed by atoms with E-state index >= 15 is 0 Å². The van der Waals surface area contributed by atoms with E-state index in [0.717, 1.165) is 6.20 Å². The van der Waals surface area contributed by atoms with Gasteiger partial charge in [-0.25, -0.2) is 14.2 Å². The number of nitrogens with zero attached hydrogens (tertiary/aromatic N) is 1. The van der Waals surface area contributed by atoms with E-state index < -0.39 is 22.8 Å². The molecule has 0 radical (unpaired) electrons. The van der Waals surface area contributed by atoms with Crippen LogP contribution in [-0.4, -0.2) is 34.1 Å². The lowest BCUT2D eigenvalue weighted by molar-refractivity contribution is 0.0695. The quantitative estimate of drug-likeness (QED) is 0.644. The summed E-state index contributed by atoms with van der Waals surface area (Å²) >= 11 is 0. The van der Waals surface area contributed by atoms with E-state index in [-0.39, 0.29) is 22.4 Å². The number of nitrogens with one attached hydrogen (secondary N) is 2. The van der Waals surface area contributed by atoms with Gasteiger partial charge in [0.2, 0.25) is 5.43 Å². The molecule has 7 nitrogen and oxygen atoms in total. The van der Waals surface area contributed by atoms with Crippen LogP contribution in [0, 0.1) is 12.7 Å². The number of fused-ring (bicyclic) bond motifs is 1. The van der Waals surface area contributed by atoms with Gasteiger partial charge in [0, 0.05) is 24.8 Å². The predicted molar refractivity (Wildman–Crippen MR) is 71.6 cm³/mol. The van der Waals surface area contributed by atoms with Gasteiger partial charge in [-0.15, -0.1) is 0 Å². The molecule has 0 unspecified atom stereocenters. The van der Waals surface area contributed by atoms with Crippen molar-refractivity contribution in [3.05, 3.63) is 33.4 Å². The molecular formula is C12H13FN4O3. The number of aromatic amines is 1. The Kier molecular flexibility index (Phi) is 3.66. The number of carboxylic acid groups (broad SMARTS) is 1. The molecule has 0 aliphatic rings. The van der Waals surface area contributed by atoms with Gasteiger partial charge < -0.3 is 21.1 Å². The van der Waals surface area contributed by atoms with Crippen LogP contribution in [0.3, 0.4) is 0 Å². The van der Waals surface area contributed by atoms with Crippen molar-refractivity contribution in [1.29, 1.82) is 0 Å². The first-order valence-electron chi connectivity index (χ1n) is 5.86. The van der Waals surface area contributed by atoms with Gasteiger partial charge in [-0.2, -0.15) is 0 Å². The zero-order valence-electron chi connectivity index (χ0n) is 10.7. The minimum atomic E-state index is -1.38. The van der Waals surface area contributed by atoms with Crippen LogP contribution in [-0.2, 0) is 0 Å². The monoisotopic (exact) mass is 280 g/mol. The van der Waals surface area contributed by atoms with Crippen LogP contribution in [0.15, 0.2) is 11.0 Å². The van der Waals surface area contributed by atoms with Crippen LogP contribution in [0.4, 0.5) is 10.2 Å². The van der Waals surface area contributed by atoms with E-state index in [0.29, 0.717) is 13.1 Å². The second-order valence-electron chi connectivity index (χ2n) is 4.18. The van der Waals surface area contributed by atoms with Crippen LogP contribution in [0.1, 0.15) is 15.9 Å². The molecule has 2 aromatic rings. The Morgan fingerprint density at radius 1 is 1.60 bits per heavy atom. The highest BCUT2D eigenvalue weighted by Gasteiger charge is 2.18. The van der Waals surface area contributed by atoms with Gasteiger partial charge >= 0.3 is 5.97 Å². The van der Waals surface area contributed by atoms with Crippen molar-refractivity contribution in [3.8, 4) is 0 Å². The van der Waals surface area contributed by atoms with Crippen LogP contribution in [0.25, 0.3) is 11.0 Å². The fourth-order valence-corrected chi connectivity index (χ4v) is 1.87. The number of pyridine rings is 2. The zero-order chi connectivity index (χ0) is 14.9. The Hall–Kier alpha value is -2.48. The van der Waals surface area contributed by atoms with Crippen molar-refractivity contribution in [3.63, 3.8) is 0 Å². The average Bonchev–Trinajstić information content (AvgIpc) is 2.40. The molecule has 2 aromatic heterocycles. The molecule has 0 saturated carbocycles. The normalized spacial score (nSPS) is 10.8. The molecule has 2 heterocycles. The number of aryl methyl sites for hydroxylation is 1. The molecule has 8 heteroatoms. The zero-order valence-corrected chi connectivity index (χ0v) is 10.7. The summed E-state index contributed by atoms with van der Waals surface area (Å²) in [5.41, 5.74) is 4.27. The first-order valence-corrected chi connectivity index (χ1v) is 5.86. The van der Waals surface area contributed by atoms with Gasteiger partial charge in [-0.05, 0) is 6.92 Å². The molecule has 0 fully saturated rings. The van der Waals surface area contributed by atoms with E-state index in [1.165, 1.54) is 6.92 Å². The van der Waals surface area contributed by atoms with Crippen molar-refractivity contribution >= 4 is 22.8 Å². The number of halogens is 1. The Labute approximate surface area is 112 Å². The van der Waals surface area contributed by atoms with E-state index in [4.69, 9.17) is 10.8 Å². The fourth-order valence-electron chi connectivity index (χ4n) is 1.87. The highest BCUT2D eigenvalue weighted by atomic mass is 19.1. The van der Waals surface area contributed by atoms with Crippen LogP contribution >= 0.6 is 0 Å². The molecule has 0 aliphatic carbocycles. The summed E-state index contributed by atoms with van der Waals surface area (Å²) in [6.45, 7) is 2.02. The number of aromatic nitrogens is 2. The number of rotatable bonds is 4. The molecule has 20 heavy (non-hydrogen) atoms. The number of H-pyrrole nitrogens is 1. The molecule has 0 saturated heterocycles. The third-order valence-electron chi connectivity index (χ3n) is 2.86. The van der Waals surface area contributed by atoms with E-state index in [2.05, 4.69) is 15.3 Å². The van der Waals surface area contributed by atoms with Gasteiger partial charge in [0.15, 0.2) is 11.6 Å². The third kappa shape index (κ3) is 2.21. The molecule has 0 spiro atoms. The second kappa shape index (κ2) is 5.25. The maximum Gasteiger partial charge on any atom is 0.341 e. The number of anilines is 1. The van der Waals surface area contributed by atoms with Crippen molar-refractivity contribution < 1.29 is 14.3 Å². The summed E-state index contributed by atoms with van der Waals surface area (Å²) in [7, 11) is 0. The molecule has 0 aliphatic heterocycles. The Bertz CT molecular complexity index is 742. The lowest BCUT2D eigenvalue weighted by atomic mass is 10.1. The van der Waals surface area contributed by atoms with Gasteiger partial charge in [-0.3, -0.25) is 4.79 Å². The molecule has 5 N–H and O–H groups in total. The Balaban J connectivity index is 2.73. The highest BCUT2D eigenvalue weighted by Crippen LogP contribution is 2.21. The number of carboxylic acids is 1. The molecule has 0 atom stereocenters. The lowest BCUT2D eigenvalue weighted by Crippen LogP contribution is -2.19. The summed E-state index contributed by atoms with van der Waals surface area (Å²) in [4.78, 5) is 29.5. The lowest BCUT2D eigenvalue weighted by Gasteiger charge is -2.10. The first-order chi connectivity index (χ1) is 9.47. The number of hydrogen-bond acceptors (Lipinski definition) is 5. The van der Waals surface area contributed by atoms with Gasteiger partial charge in [0.25, 0.3) is 0 Å². The number of hydrogen-bond donors (Lipinski definition) is 4. The van der Waals surface area contributed by atoms with Crippen molar-refractivity contribution in [2.24, 2.45) is 5.73 Å². The maximum atomic E-state index is 14.1.